The Hall–Kier alpha value is -8.80. The van der Waals surface area contributed by atoms with Crippen molar-refractivity contribution < 1.29 is 8.83 Å². The lowest BCUT2D eigenvalue weighted by Gasteiger charge is -2.15. The predicted octanol–water partition coefficient (Wildman–Crippen LogP) is 16.3. The number of para-hydroxylation sites is 4. The Morgan fingerprint density at radius 3 is 1.69 bits per heavy atom. The van der Waals surface area contributed by atoms with Gasteiger partial charge in [-0.1, -0.05) is 176 Å². The summed E-state index contributed by atoms with van der Waals surface area (Å²) < 4.78 is 15.4. The van der Waals surface area contributed by atoms with Gasteiger partial charge in [0.15, 0.2) is 5.82 Å². The molecule has 0 aliphatic heterocycles. The number of furan rings is 2. The third-order valence-electron chi connectivity index (χ3n) is 13.2. The third kappa shape index (κ3) is 5.39. The molecule has 10 aromatic carbocycles. The molecule has 65 heavy (non-hydrogen) atoms. The van der Waals surface area contributed by atoms with Crippen molar-refractivity contribution in [1.82, 2.24) is 14.5 Å². The van der Waals surface area contributed by atoms with Gasteiger partial charge in [0.2, 0.25) is 0 Å². The highest BCUT2D eigenvalue weighted by Crippen LogP contribution is 2.46. The maximum Gasteiger partial charge on any atom is 0.162 e. The van der Waals surface area contributed by atoms with Crippen LogP contribution in [-0.2, 0) is 0 Å². The first kappa shape index (κ1) is 35.8. The number of hydrogen-bond acceptors (Lipinski definition) is 4. The van der Waals surface area contributed by atoms with Crippen molar-refractivity contribution >= 4 is 87.2 Å². The van der Waals surface area contributed by atoms with Gasteiger partial charge in [-0.25, -0.2) is 9.97 Å². The number of aromatic nitrogens is 3. The van der Waals surface area contributed by atoms with Gasteiger partial charge in [0, 0.05) is 66.0 Å². The predicted molar refractivity (Wildman–Crippen MR) is 268 cm³/mol. The summed E-state index contributed by atoms with van der Waals surface area (Å²) in [6.07, 6.45) is 0. The average molecular weight is 830 g/mol. The van der Waals surface area contributed by atoms with E-state index in [0.717, 1.165) is 111 Å². The second-order valence-corrected chi connectivity index (χ2v) is 16.8. The van der Waals surface area contributed by atoms with Crippen LogP contribution in [0.3, 0.4) is 0 Å². The third-order valence-corrected chi connectivity index (χ3v) is 13.2. The molecule has 14 rings (SSSR count). The molecule has 0 bridgehead atoms. The molecule has 5 heteroatoms. The maximum atomic E-state index is 6.56. The maximum absolute atomic E-state index is 6.56. The second kappa shape index (κ2) is 13.9. The van der Waals surface area contributed by atoms with Crippen LogP contribution in [-0.4, -0.2) is 14.5 Å². The van der Waals surface area contributed by atoms with Gasteiger partial charge in [-0.2, -0.15) is 0 Å². The Kier molecular flexibility index (Phi) is 7.62. The van der Waals surface area contributed by atoms with Gasteiger partial charge in [0.1, 0.15) is 28.1 Å². The Morgan fingerprint density at radius 1 is 0.323 bits per heavy atom. The van der Waals surface area contributed by atoms with Gasteiger partial charge in [-0.05, 0) is 57.6 Å². The molecular weight excluding hydrogens is 795 g/mol. The molecule has 4 heterocycles. The lowest BCUT2D eigenvalue weighted by atomic mass is 9.95. The highest BCUT2D eigenvalue weighted by molar-refractivity contribution is 6.33. The molecule has 4 aromatic heterocycles. The van der Waals surface area contributed by atoms with Crippen molar-refractivity contribution in [2.45, 2.75) is 0 Å². The summed E-state index contributed by atoms with van der Waals surface area (Å²) in [5.41, 5.74) is 12.6. The highest BCUT2D eigenvalue weighted by atomic mass is 16.3. The SMILES string of the molecule is c1ccc(-c2nc(-c3ccc4c(c3)oc3ccccc34)cc(-n3c4c(-c5cccc(-c6cccc7c6oc6ccccc67)c5)cccc4c4c5ccccc5c5ccccc5c43)n2)cc1. The van der Waals surface area contributed by atoms with Crippen LogP contribution in [0, 0.1) is 0 Å². The standard InChI is InChI=1S/C60H35N3O2/c1-2-15-36(16-3-1)60-61-51(39-31-32-46-44-21-8-10-29-52(44)64-54(46)34-39)35-55(62-60)63-57-40(25-13-28-50(57)56-47-23-6-4-19-42(47)43-20-5-7-24-48(43)58(56)63)37-17-12-18-38(33-37)41-26-14-27-49-45-22-9-11-30-53(45)65-59(41)49/h1-35H. The van der Waals surface area contributed by atoms with Crippen LogP contribution in [0.4, 0.5) is 0 Å². The minimum absolute atomic E-state index is 0.640. The van der Waals surface area contributed by atoms with Crippen molar-refractivity contribution in [1.29, 1.82) is 0 Å². The second-order valence-electron chi connectivity index (χ2n) is 16.8. The van der Waals surface area contributed by atoms with Crippen LogP contribution < -0.4 is 0 Å². The molecule has 14 aromatic rings. The number of hydrogen-bond donors (Lipinski definition) is 0. The smallest absolute Gasteiger partial charge is 0.162 e. The zero-order valence-corrected chi connectivity index (χ0v) is 34.9. The summed E-state index contributed by atoms with van der Waals surface area (Å²) >= 11 is 0. The summed E-state index contributed by atoms with van der Waals surface area (Å²) in [7, 11) is 0. The molecule has 0 N–H and O–H groups in total. The Balaban J connectivity index is 1.09. The topological polar surface area (TPSA) is 57.0 Å². The van der Waals surface area contributed by atoms with Gasteiger partial charge in [0.25, 0.3) is 0 Å². The summed E-state index contributed by atoms with van der Waals surface area (Å²) in [5.74, 6) is 1.41. The molecule has 0 saturated heterocycles. The van der Waals surface area contributed by atoms with E-state index in [-0.39, 0.29) is 0 Å². The first-order valence-electron chi connectivity index (χ1n) is 22.0. The molecule has 0 amide bonds. The molecule has 0 atom stereocenters. The van der Waals surface area contributed by atoms with Gasteiger partial charge in [-0.3, -0.25) is 4.57 Å². The monoisotopic (exact) mass is 829 g/mol. The normalized spacial score (nSPS) is 12.0. The molecule has 0 fully saturated rings. The highest BCUT2D eigenvalue weighted by Gasteiger charge is 2.24. The quantitative estimate of drug-likeness (QED) is 0.162. The van der Waals surface area contributed by atoms with Crippen molar-refractivity contribution in [3.05, 3.63) is 212 Å². The summed E-state index contributed by atoms with van der Waals surface area (Å²) in [5, 5.41) is 11.5. The number of benzene rings is 10. The van der Waals surface area contributed by atoms with Crippen LogP contribution >= 0.6 is 0 Å². The minimum Gasteiger partial charge on any atom is -0.456 e. The van der Waals surface area contributed by atoms with Gasteiger partial charge >= 0.3 is 0 Å². The fourth-order valence-electron chi connectivity index (χ4n) is 10.3. The molecule has 0 unspecified atom stereocenters. The zero-order chi connectivity index (χ0) is 42.6. The van der Waals surface area contributed by atoms with Crippen molar-refractivity contribution in [2.24, 2.45) is 0 Å². The lowest BCUT2D eigenvalue weighted by molar-refractivity contribution is 0.669. The van der Waals surface area contributed by atoms with E-state index in [2.05, 4.69) is 174 Å². The van der Waals surface area contributed by atoms with E-state index < -0.39 is 0 Å². The van der Waals surface area contributed by atoms with E-state index in [0.29, 0.717) is 5.82 Å². The molecule has 0 saturated carbocycles. The average Bonchev–Trinajstić information content (AvgIpc) is 4.07. The molecular formula is C60H35N3O2. The first-order valence-corrected chi connectivity index (χ1v) is 22.0. The van der Waals surface area contributed by atoms with Gasteiger partial charge in [-0.15, -0.1) is 0 Å². The first-order chi connectivity index (χ1) is 32.2. The summed E-state index contributed by atoms with van der Waals surface area (Å²) in [6, 6.07) is 74.9. The van der Waals surface area contributed by atoms with E-state index in [9.17, 15) is 0 Å². The lowest BCUT2D eigenvalue weighted by Crippen LogP contribution is -2.03. The molecule has 0 aliphatic carbocycles. The van der Waals surface area contributed by atoms with Crippen LogP contribution in [0.1, 0.15) is 0 Å². The number of fused-ring (bicyclic) bond motifs is 14. The Labute approximate surface area is 372 Å². The minimum atomic E-state index is 0.640. The van der Waals surface area contributed by atoms with Crippen molar-refractivity contribution in [2.75, 3.05) is 0 Å². The molecule has 5 nitrogen and oxygen atoms in total. The van der Waals surface area contributed by atoms with Crippen LogP contribution in [0.15, 0.2) is 221 Å². The van der Waals surface area contributed by atoms with Gasteiger partial charge < -0.3 is 8.83 Å². The number of rotatable bonds is 5. The van der Waals surface area contributed by atoms with Crippen LogP contribution in [0.5, 0.6) is 0 Å². The van der Waals surface area contributed by atoms with E-state index in [1.54, 1.807) is 0 Å². The number of nitrogens with zero attached hydrogens (tertiary/aromatic N) is 3. The van der Waals surface area contributed by atoms with E-state index in [1.807, 2.05) is 42.5 Å². The molecule has 0 aliphatic rings. The molecule has 0 radical (unpaired) electrons. The summed E-state index contributed by atoms with van der Waals surface area (Å²) in [4.78, 5) is 10.8. The largest absolute Gasteiger partial charge is 0.456 e. The zero-order valence-electron chi connectivity index (χ0n) is 34.9. The molecule has 0 spiro atoms. The Bertz CT molecular complexity index is 4250. The fraction of sp³-hybridized carbons (Fsp3) is 0. The van der Waals surface area contributed by atoms with Crippen LogP contribution in [0.25, 0.3) is 138 Å². The Morgan fingerprint density at radius 2 is 0.892 bits per heavy atom. The molecule has 302 valence electrons. The van der Waals surface area contributed by atoms with E-state index in [4.69, 9.17) is 18.8 Å². The van der Waals surface area contributed by atoms with E-state index in [1.165, 1.54) is 21.5 Å². The van der Waals surface area contributed by atoms with E-state index >= 15 is 0 Å². The fourth-order valence-corrected chi connectivity index (χ4v) is 10.3. The van der Waals surface area contributed by atoms with Gasteiger partial charge in [0.05, 0.1) is 16.7 Å². The summed E-state index contributed by atoms with van der Waals surface area (Å²) in [6.45, 7) is 0. The van der Waals surface area contributed by atoms with Crippen molar-refractivity contribution in [3.8, 4) is 50.7 Å². The van der Waals surface area contributed by atoms with Crippen LogP contribution in [0.2, 0.25) is 0 Å². The van der Waals surface area contributed by atoms with Crippen molar-refractivity contribution in [3.63, 3.8) is 0 Å².